The zero-order valence-corrected chi connectivity index (χ0v) is 15.4. The molecule has 0 aliphatic rings. The third-order valence-electron chi connectivity index (χ3n) is 3.66. The van der Waals surface area contributed by atoms with Crippen LogP contribution in [0.5, 0.6) is 5.88 Å². The van der Waals surface area contributed by atoms with Crippen LogP contribution in [0.2, 0.25) is 0 Å². The molecule has 8 heteroatoms. The zero-order valence-electron chi connectivity index (χ0n) is 14.6. The van der Waals surface area contributed by atoms with E-state index >= 15 is 0 Å². The second kappa shape index (κ2) is 8.39. The number of nitrogens with one attached hydrogen (secondary N) is 3. The standard InChI is InChI=1S/C18H20N6OS/c1-12-9-15(13-5-3-4-6-14(13)23-12)19-7-8-20-18(26)24-16-10-17(25-2)22-11-21-16/h3-6,9-11H,7-8H2,1-2H3,(H,19,23)(H2,20,21,22,24,26). The number of aromatic nitrogens is 3. The number of anilines is 2. The van der Waals surface area contributed by atoms with Gasteiger partial charge in [-0.1, -0.05) is 18.2 Å². The van der Waals surface area contributed by atoms with Crippen LogP contribution in [0.4, 0.5) is 11.5 Å². The monoisotopic (exact) mass is 368 g/mol. The highest BCUT2D eigenvalue weighted by molar-refractivity contribution is 7.80. The number of fused-ring (bicyclic) bond motifs is 1. The van der Waals surface area contributed by atoms with Crippen molar-refractivity contribution in [3.05, 3.63) is 48.4 Å². The van der Waals surface area contributed by atoms with Gasteiger partial charge in [0.25, 0.3) is 0 Å². The van der Waals surface area contributed by atoms with Crippen molar-refractivity contribution in [1.29, 1.82) is 0 Å². The number of benzene rings is 1. The number of methoxy groups -OCH3 is 1. The molecule has 0 radical (unpaired) electrons. The maximum Gasteiger partial charge on any atom is 0.218 e. The molecule has 0 amide bonds. The number of aryl methyl sites for hydroxylation is 1. The third-order valence-corrected chi connectivity index (χ3v) is 3.91. The van der Waals surface area contributed by atoms with Gasteiger partial charge in [0.2, 0.25) is 5.88 Å². The molecular formula is C18H20N6OS. The van der Waals surface area contributed by atoms with Gasteiger partial charge in [0.05, 0.1) is 12.6 Å². The molecule has 0 bridgehead atoms. The molecule has 0 saturated heterocycles. The summed E-state index contributed by atoms with van der Waals surface area (Å²) in [4.78, 5) is 12.6. The molecule has 0 fully saturated rings. The van der Waals surface area contributed by atoms with Crippen LogP contribution < -0.4 is 20.7 Å². The molecule has 3 aromatic rings. The number of pyridine rings is 1. The van der Waals surface area contributed by atoms with E-state index in [9.17, 15) is 0 Å². The van der Waals surface area contributed by atoms with Crippen LogP contribution in [-0.4, -0.2) is 40.3 Å². The highest BCUT2D eigenvalue weighted by Crippen LogP contribution is 2.22. The van der Waals surface area contributed by atoms with Crippen molar-refractivity contribution < 1.29 is 4.74 Å². The number of hydrogen-bond acceptors (Lipinski definition) is 6. The Morgan fingerprint density at radius 3 is 2.85 bits per heavy atom. The van der Waals surface area contributed by atoms with E-state index < -0.39 is 0 Å². The molecule has 0 aliphatic carbocycles. The van der Waals surface area contributed by atoms with E-state index in [0.29, 0.717) is 29.9 Å². The van der Waals surface area contributed by atoms with E-state index in [0.717, 1.165) is 22.3 Å². The molecule has 0 spiro atoms. The van der Waals surface area contributed by atoms with Crippen LogP contribution in [0.15, 0.2) is 42.7 Å². The van der Waals surface area contributed by atoms with E-state index in [1.54, 1.807) is 13.2 Å². The van der Waals surface area contributed by atoms with Gasteiger partial charge in [-0.3, -0.25) is 4.98 Å². The van der Waals surface area contributed by atoms with Crippen LogP contribution in [-0.2, 0) is 0 Å². The maximum absolute atomic E-state index is 5.28. The SMILES string of the molecule is COc1cc(NC(=S)NCCNc2cc(C)nc3ccccc23)ncn1. The first-order valence-corrected chi connectivity index (χ1v) is 8.57. The Balaban J connectivity index is 1.52. The first-order chi connectivity index (χ1) is 12.7. The smallest absolute Gasteiger partial charge is 0.218 e. The Bertz CT molecular complexity index is 917. The lowest BCUT2D eigenvalue weighted by Crippen LogP contribution is -2.32. The van der Waals surface area contributed by atoms with Crippen LogP contribution in [0, 0.1) is 6.92 Å². The fourth-order valence-electron chi connectivity index (χ4n) is 2.51. The van der Waals surface area contributed by atoms with Crippen LogP contribution >= 0.6 is 12.2 Å². The average Bonchev–Trinajstić information content (AvgIpc) is 2.65. The molecule has 0 saturated carbocycles. The van der Waals surface area contributed by atoms with Crippen LogP contribution in [0.25, 0.3) is 10.9 Å². The Morgan fingerprint density at radius 1 is 1.15 bits per heavy atom. The van der Waals surface area contributed by atoms with Crippen molar-refractivity contribution in [2.75, 3.05) is 30.8 Å². The molecule has 7 nitrogen and oxygen atoms in total. The fraction of sp³-hybridized carbons (Fsp3) is 0.222. The molecule has 3 N–H and O–H groups in total. The highest BCUT2D eigenvalue weighted by atomic mass is 32.1. The number of rotatable bonds is 6. The van der Waals surface area contributed by atoms with Crippen molar-refractivity contribution in [3.63, 3.8) is 0 Å². The normalized spacial score (nSPS) is 10.4. The number of hydrogen-bond donors (Lipinski definition) is 3. The topological polar surface area (TPSA) is 84.0 Å². The van der Waals surface area contributed by atoms with Gasteiger partial charge in [-0.25, -0.2) is 9.97 Å². The Kier molecular flexibility index (Phi) is 5.75. The number of nitrogens with zero attached hydrogens (tertiary/aromatic N) is 3. The summed E-state index contributed by atoms with van der Waals surface area (Å²) in [7, 11) is 1.55. The van der Waals surface area contributed by atoms with E-state index in [-0.39, 0.29) is 0 Å². The van der Waals surface area contributed by atoms with Crippen LogP contribution in [0.1, 0.15) is 5.69 Å². The quantitative estimate of drug-likeness (QED) is 0.452. The third kappa shape index (κ3) is 4.54. The van der Waals surface area contributed by atoms with E-state index in [1.807, 2.05) is 31.2 Å². The molecule has 26 heavy (non-hydrogen) atoms. The van der Waals surface area contributed by atoms with Crippen molar-refractivity contribution in [2.45, 2.75) is 6.92 Å². The zero-order chi connectivity index (χ0) is 18.4. The molecule has 2 aromatic heterocycles. The number of para-hydroxylation sites is 1. The van der Waals surface area contributed by atoms with Crippen molar-refractivity contribution in [2.24, 2.45) is 0 Å². The minimum Gasteiger partial charge on any atom is -0.481 e. The van der Waals surface area contributed by atoms with Gasteiger partial charge in [-0.15, -0.1) is 0 Å². The second-order valence-electron chi connectivity index (χ2n) is 5.58. The van der Waals surface area contributed by atoms with E-state index in [1.165, 1.54) is 6.33 Å². The summed E-state index contributed by atoms with van der Waals surface area (Å²) in [5.74, 6) is 1.06. The van der Waals surface area contributed by atoms with Crippen molar-refractivity contribution >= 4 is 39.7 Å². The highest BCUT2D eigenvalue weighted by Gasteiger charge is 2.04. The number of ether oxygens (including phenoxy) is 1. The van der Waals surface area contributed by atoms with Gasteiger partial charge in [0, 0.05) is 35.9 Å². The minimum atomic E-state index is 0.479. The molecule has 1 aromatic carbocycles. The fourth-order valence-corrected chi connectivity index (χ4v) is 2.71. The summed E-state index contributed by atoms with van der Waals surface area (Å²) in [6.45, 7) is 3.36. The van der Waals surface area contributed by atoms with Crippen LogP contribution in [0.3, 0.4) is 0 Å². The molecule has 0 atom stereocenters. The summed E-state index contributed by atoms with van der Waals surface area (Å²) in [6, 6.07) is 11.8. The summed E-state index contributed by atoms with van der Waals surface area (Å²) >= 11 is 5.28. The predicted octanol–water partition coefficient (Wildman–Crippen LogP) is 2.74. The molecule has 0 unspecified atom stereocenters. The molecular weight excluding hydrogens is 348 g/mol. The minimum absolute atomic E-state index is 0.479. The summed E-state index contributed by atoms with van der Waals surface area (Å²) in [5.41, 5.74) is 3.03. The summed E-state index contributed by atoms with van der Waals surface area (Å²) < 4.78 is 5.06. The van der Waals surface area contributed by atoms with E-state index in [2.05, 4.69) is 37.0 Å². The Labute approximate surface area is 157 Å². The van der Waals surface area contributed by atoms with Gasteiger partial charge in [0.1, 0.15) is 12.1 Å². The lowest BCUT2D eigenvalue weighted by atomic mass is 10.1. The largest absolute Gasteiger partial charge is 0.481 e. The van der Waals surface area contributed by atoms with Gasteiger partial charge < -0.3 is 20.7 Å². The van der Waals surface area contributed by atoms with Crippen molar-refractivity contribution in [3.8, 4) is 5.88 Å². The molecule has 134 valence electrons. The summed E-state index contributed by atoms with van der Waals surface area (Å²) in [5, 5.41) is 11.2. The summed E-state index contributed by atoms with van der Waals surface area (Å²) in [6.07, 6.45) is 1.42. The predicted molar refractivity (Wildman–Crippen MR) is 108 cm³/mol. The Morgan fingerprint density at radius 2 is 2.00 bits per heavy atom. The van der Waals surface area contributed by atoms with Gasteiger partial charge in [-0.05, 0) is 31.3 Å². The molecule has 2 heterocycles. The lowest BCUT2D eigenvalue weighted by molar-refractivity contribution is 0.397. The van der Waals surface area contributed by atoms with Gasteiger partial charge >= 0.3 is 0 Å². The van der Waals surface area contributed by atoms with E-state index in [4.69, 9.17) is 17.0 Å². The molecule has 0 aliphatic heterocycles. The number of thiocarbonyl (C=S) groups is 1. The molecule has 3 rings (SSSR count). The maximum atomic E-state index is 5.28. The van der Waals surface area contributed by atoms with Gasteiger partial charge in [0.15, 0.2) is 5.11 Å². The second-order valence-corrected chi connectivity index (χ2v) is 5.99. The van der Waals surface area contributed by atoms with Gasteiger partial charge in [-0.2, -0.15) is 0 Å². The Hall–Kier alpha value is -3.00. The first kappa shape index (κ1) is 17.8. The van der Waals surface area contributed by atoms with Crippen molar-refractivity contribution in [1.82, 2.24) is 20.3 Å². The average molecular weight is 368 g/mol. The first-order valence-electron chi connectivity index (χ1n) is 8.17. The lowest BCUT2D eigenvalue weighted by Gasteiger charge is -2.13.